The smallest absolute Gasteiger partial charge is 0.119 e. The largest absolute Gasteiger partial charge is 0.497 e. The molecule has 2 heterocycles. The van der Waals surface area contributed by atoms with E-state index in [1.807, 2.05) is 18.2 Å². The van der Waals surface area contributed by atoms with Gasteiger partial charge in [-0.1, -0.05) is 18.2 Å². The Hall–Kier alpha value is -2.02. The zero-order valence-electron chi connectivity index (χ0n) is 15.6. The predicted octanol–water partition coefficient (Wildman–Crippen LogP) is 3.52. The molecule has 142 valence electrons. The number of methoxy groups -OCH3 is 1. The zero-order valence-corrected chi connectivity index (χ0v) is 16.4. The van der Waals surface area contributed by atoms with Gasteiger partial charge >= 0.3 is 0 Å². The number of rotatable bonds is 6. The van der Waals surface area contributed by atoms with Crippen molar-refractivity contribution in [1.29, 1.82) is 0 Å². The van der Waals surface area contributed by atoms with Crippen molar-refractivity contribution < 1.29 is 9.84 Å². The van der Waals surface area contributed by atoms with Crippen molar-refractivity contribution in [2.45, 2.75) is 25.8 Å². The van der Waals surface area contributed by atoms with Crippen LogP contribution in [0.3, 0.4) is 0 Å². The van der Waals surface area contributed by atoms with Crippen LogP contribution in [0.4, 0.5) is 0 Å². The van der Waals surface area contributed by atoms with E-state index < -0.39 is 0 Å². The summed E-state index contributed by atoms with van der Waals surface area (Å²) in [4.78, 5) is 2.46. The highest BCUT2D eigenvalue weighted by atomic mass is 32.1. The van der Waals surface area contributed by atoms with E-state index in [4.69, 9.17) is 4.74 Å². The highest BCUT2D eigenvalue weighted by Crippen LogP contribution is 2.34. The quantitative estimate of drug-likeness (QED) is 0.706. The van der Waals surface area contributed by atoms with Crippen LogP contribution < -0.4 is 4.74 Å². The normalized spacial score (nSPS) is 20.8. The van der Waals surface area contributed by atoms with Crippen LogP contribution >= 0.6 is 11.7 Å². The fourth-order valence-electron chi connectivity index (χ4n) is 4.17. The first-order valence-electron chi connectivity index (χ1n) is 9.37. The summed E-state index contributed by atoms with van der Waals surface area (Å²) in [5.74, 6) is 0.874. The van der Waals surface area contributed by atoms with E-state index in [-0.39, 0.29) is 12.0 Å². The Balaban J connectivity index is 1.48. The lowest BCUT2D eigenvalue weighted by atomic mass is 9.75. The topological polar surface area (TPSA) is 58.5 Å². The molecule has 27 heavy (non-hydrogen) atoms. The minimum atomic E-state index is -0.100. The van der Waals surface area contributed by atoms with E-state index in [0.29, 0.717) is 0 Å². The van der Waals surface area contributed by atoms with Crippen LogP contribution in [0.5, 0.6) is 5.75 Å². The van der Waals surface area contributed by atoms with Crippen LogP contribution in [0, 0.1) is 5.41 Å². The number of likely N-dealkylation sites (tertiary alicyclic amines) is 1. The molecule has 1 fully saturated rings. The van der Waals surface area contributed by atoms with Crippen molar-refractivity contribution in [3.63, 3.8) is 0 Å². The monoisotopic (exact) mass is 383 g/mol. The number of hydrogen-bond acceptors (Lipinski definition) is 6. The number of fused-ring (bicyclic) bond motifs is 1. The Morgan fingerprint density at radius 1 is 1.15 bits per heavy atom. The van der Waals surface area contributed by atoms with Crippen LogP contribution in [0.15, 0.2) is 42.5 Å². The van der Waals surface area contributed by atoms with E-state index in [2.05, 4.69) is 37.9 Å². The first kappa shape index (κ1) is 18.3. The molecule has 1 aliphatic heterocycles. The van der Waals surface area contributed by atoms with Gasteiger partial charge < -0.3 is 9.84 Å². The molecule has 0 saturated carbocycles. The maximum atomic E-state index is 10.3. The van der Waals surface area contributed by atoms with Gasteiger partial charge in [-0.25, -0.2) is 0 Å². The molecule has 0 radical (unpaired) electrons. The SMILES string of the molecule is COc1cccc(C[C@@]2(CO)CCCN(Cc3ccc4nsnc4c3)C2)c1. The van der Waals surface area contributed by atoms with Gasteiger partial charge in [-0.3, -0.25) is 4.90 Å². The highest BCUT2D eigenvalue weighted by Gasteiger charge is 2.35. The van der Waals surface area contributed by atoms with Crippen molar-refractivity contribution in [3.05, 3.63) is 53.6 Å². The Bertz CT molecular complexity index is 913. The number of hydrogen-bond donors (Lipinski definition) is 1. The number of aromatic nitrogens is 2. The highest BCUT2D eigenvalue weighted by molar-refractivity contribution is 7.00. The molecule has 5 nitrogen and oxygen atoms in total. The van der Waals surface area contributed by atoms with Crippen LogP contribution in [0.25, 0.3) is 11.0 Å². The summed E-state index contributed by atoms with van der Waals surface area (Å²) in [6.07, 6.45) is 3.02. The van der Waals surface area contributed by atoms with Gasteiger partial charge in [0.05, 0.1) is 25.4 Å². The van der Waals surface area contributed by atoms with E-state index in [0.717, 1.165) is 55.7 Å². The molecule has 0 spiro atoms. The Labute approximate surface area is 163 Å². The van der Waals surface area contributed by atoms with Crippen LogP contribution in [-0.2, 0) is 13.0 Å². The van der Waals surface area contributed by atoms with Gasteiger partial charge in [0.2, 0.25) is 0 Å². The Morgan fingerprint density at radius 2 is 2.04 bits per heavy atom. The van der Waals surface area contributed by atoms with Gasteiger partial charge in [0, 0.05) is 18.5 Å². The van der Waals surface area contributed by atoms with Crippen molar-refractivity contribution >= 4 is 22.8 Å². The van der Waals surface area contributed by atoms with E-state index >= 15 is 0 Å². The van der Waals surface area contributed by atoms with Gasteiger partial charge in [0.15, 0.2) is 0 Å². The van der Waals surface area contributed by atoms with E-state index in [1.165, 1.54) is 22.9 Å². The van der Waals surface area contributed by atoms with Gasteiger partial charge in [-0.15, -0.1) is 0 Å². The minimum Gasteiger partial charge on any atom is -0.497 e. The number of piperidine rings is 1. The van der Waals surface area contributed by atoms with E-state index in [1.54, 1.807) is 7.11 Å². The lowest BCUT2D eigenvalue weighted by Crippen LogP contribution is -2.46. The summed E-state index contributed by atoms with van der Waals surface area (Å²) in [7, 11) is 1.69. The Kier molecular flexibility index (Phi) is 5.38. The fourth-order valence-corrected chi connectivity index (χ4v) is 4.69. The van der Waals surface area contributed by atoms with E-state index in [9.17, 15) is 5.11 Å². The predicted molar refractivity (Wildman–Crippen MR) is 108 cm³/mol. The van der Waals surface area contributed by atoms with Crippen molar-refractivity contribution in [2.75, 3.05) is 26.8 Å². The zero-order chi connectivity index (χ0) is 18.7. The third kappa shape index (κ3) is 4.13. The van der Waals surface area contributed by atoms with Crippen LogP contribution in [0.2, 0.25) is 0 Å². The molecule has 1 aliphatic rings. The number of aliphatic hydroxyl groups is 1. The summed E-state index contributed by atoms with van der Waals surface area (Å²) in [5.41, 5.74) is 4.31. The molecule has 0 aliphatic carbocycles. The molecule has 1 N–H and O–H groups in total. The van der Waals surface area contributed by atoms with Crippen molar-refractivity contribution in [1.82, 2.24) is 13.6 Å². The van der Waals surface area contributed by atoms with Gasteiger partial charge in [0.1, 0.15) is 16.8 Å². The standard InChI is InChI=1S/C21H25N3O2S/c1-26-18-5-2-4-16(10-18)12-21(15-25)8-3-9-24(14-21)13-17-6-7-19-20(11-17)23-27-22-19/h2,4-7,10-11,25H,3,8-9,12-15H2,1H3/t21-/m0/s1. The molecule has 4 rings (SSSR count). The van der Waals surface area contributed by atoms with Gasteiger partial charge in [0.25, 0.3) is 0 Å². The number of aliphatic hydroxyl groups excluding tert-OH is 1. The molecule has 1 aromatic heterocycles. The average molecular weight is 384 g/mol. The molecule has 0 amide bonds. The van der Waals surface area contributed by atoms with Gasteiger partial charge in [-0.2, -0.15) is 8.75 Å². The lowest BCUT2D eigenvalue weighted by Gasteiger charge is -2.42. The number of ether oxygens (including phenoxy) is 1. The van der Waals surface area contributed by atoms with Crippen molar-refractivity contribution in [2.24, 2.45) is 5.41 Å². The molecule has 0 unspecified atom stereocenters. The minimum absolute atomic E-state index is 0.100. The van der Waals surface area contributed by atoms with Crippen molar-refractivity contribution in [3.8, 4) is 5.75 Å². The molecule has 6 heteroatoms. The third-order valence-electron chi connectivity index (χ3n) is 5.51. The van der Waals surface area contributed by atoms with Crippen LogP contribution in [-0.4, -0.2) is 45.6 Å². The number of nitrogens with zero attached hydrogens (tertiary/aromatic N) is 3. The summed E-state index contributed by atoms with van der Waals surface area (Å²) in [5, 5.41) is 10.3. The molecular weight excluding hydrogens is 358 g/mol. The summed E-state index contributed by atoms with van der Waals surface area (Å²) in [6.45, 7) is 3.05. The molecular formula is C21H25N3O2S. The third-order valence-corrected chi connectivity index (χ3v) is 6.07. The molecule has 1 saturated heterocycles. The second-order valence-corrected chi connectivity index (χ2v) is 8.12. The summed E-state index contributed by atoms with van der Waals surface area (Å²) in [6, 6.07) is 14.5. The van der Waals surface area contributed by atoms with Crippen LogP contribution in [0.1, 0.15) is 24.0 Å². The first-order chi connectivity index (χ1) is 13.2. The second kappa shape index (κ2) is 7.92. The maximum Gasteiger partial charge on any atom is 0.119 e. The molecule has 1 atom stereocenters. The maximum absolute atomic E-state index is 10.3. The Morgan fingerprint density at radius 3 is 2.89 bits per heavy atom. The fraction of sp³-hybridized carbons (Fsp3) is 0.429. The second-order valence-electron chi connectivity index (χ2n) is 7.59. The average Bonchev–Trinajstić information content (AvgIpc) is 3.16. The molecule has 0 bridgehead atoms. The molecule has 2 aromatic carbocycles. The number of benzene rings is 2. The summed E-state index contributed by atoms with van der Waals surface area (Å²) < 4.78 is 14.0. The lowest BCUT2D eigenvalue weighted by molar-refractivity contribution is 0.0288. The summed E-state index contributed by atoms with van der Waals surface area (Å²) >= 11 is 1.26. The first-order valence-corrected chi connectivity index (χ1v) is 10.1. The molecule has 3 aromatic rings. The van der Waals surface area contributed by atoms with Gasteiger partial charge in [-0.05, 0) is 61.2 Å².